The first-order valence-electron chi connectivity index (χ1n) is 6.93. The molecule has 0 aliphatic carbocycles. The number of rotatable bonds is 7. The van der Waals surface area contributed by atoms with E-state index in [1.54, 1.807) is 6.92 Å². The molecular weight excluding hydrogens is 259 g/mol. The first kappa shape index (κ1) is 16.4. The predicted molar refractivity (Wildman–Crippen MR) is 77.1 cm³/mol. The van der Waals surface area contributed by atoms with E-state index in [2.05, 4.69) is 5.32 Å². The Morgan fingerprint density at radius 2 is 2.15 bits per heavy atom. The maximum atomic E-state index is 13.2. The third-order valence-corrected chi connectivity index (χ3v) is 3.11. The summed E-state index contributed by atoms with van der Waals surface area (Å²) in [7, 11) is 0. The standard InChI is InChI=1S/C15H23FN2O2/c1-4-10(2)18-15(19)11(3)20-14-6-5-13(16)9-12(14)7-8-17/h5-6,9-11H,4,7-8,17H2,1-3H3,(H,18,19). The van der Waals surface area contributed by atoms with E-state index in [1.165, 1.54) is 18.2 Å². The number of nitrogens with one attached hydrogen (secondary N) is 1. The van der Waals surface area contributed by atoms with Crippen LogP contribution in [-0.4, -0.2) is 24.6 Å². The highest BCUT2D eigenvalue weighted by molar-refractivity contribution is 5.81. The van der Waals surface area contributed by atoms with Crippen LogP contribution in [0.1, 0.15) is 32.8 Å². The van der Waals surface area contributed by atoms with Gasteiger partial charge in [0, 0.05) is 6.04 Å². The summed E-state index contributed by atoms with van der Waals surface area (Å²) in [6.07, 6.45) is 0.728. The molecule has 0 aromatic heterocycles. The number of nitrogens with two attached hydrogens (primary N) is 1. The van der Waals surface area contributed by atoms with Crippen LogP contribution in [0.3, 0.4) is 0 Å². The molecule has 0 aliphatic heterocycles. The molecule has 0 saturated heterocycles. The van der Waals surface area contributed by atoms with Gasteiger partial charge in [0.1, 0.15) is 11.6 Å². The van der Waals surface area contributed by atoms with Crippen molar-refractivity contribution >= 4 is 5.91 Å². The van der Waals surface area contributed by atoms with Crippen LogP contribution >= 0.6 is 0 Å². The number of carbonyl (C=O) groups is 1. The zero-order valence-electron chi connectivity index (χ0n) is 12.3. The summed E-state index contributed by atoms with van der Waals surface area (Å²) in [6.45, 7) is 6.00. The van der Waals surface area contributed by atoms with Crippen LogP contribution in [0.4, 0.5) is 4.39 Å². The van der Waals surface area contributed by atoms with Crippen molar-refractivity contribution in [3.8, 4) is 5.75 Å². The van der Waals surface area contributed by atoms with Crippen molar-refractivity contribution < 1.29 is 13.9 Å². The second-order valence-corrected chi connectivity index (χ2v) is 4.87. The highest BCUT2D eigenvalue weighted by Gasteiger charge is 2.17. The Balaban J connectivity index is 2.74. The van der Waals surface area contributed by atoms with Crippen LogP contribution in [0.25, 0.3) is 0 Å². The lowest BCUT2D eigenvalue weighted by atomic mass is 10.1. The fourth-order valence-electron chi connectivity index (χ4n) is 1.72. The van der Waals surface area contributed by atoms with Gasteiger partial charge in [-0.05, 0) is 57.0 Å². The molecule has 5 heteroatoms. The topological polar surface area (TPSA) is 64.3 Å². The SMILES string of the molecule is CCC(C)NC(=O)C(C)Oc1ccc(F)cc1CCN. The van der Waals surface area contributed by atoms with Crippen molar-refractivity contribution in [2.75, 3.05) is 6.54 Å². The van der Waals surface area contributed by atoms with Crippen LogP contribution < -0.4 is 15.8 Å². The molecular formula is C15H23FN2O2. The summed E-state index contributed by atoms with van der Waals surface area (Å²) in [5, 5.41) is 2.85. The van der Waals surface area contributed by atoms with Gasteiger partial charge in [0.2, 0.25) is 0 Å². The van der Waals surface area contributed by atoms with Gasteiger partial charge in [-0.1, -0.05) is 6.92 Å². The van der Waals surface area contributed by atoms with E-state index in [0.717, 1.165) is 6.42 Å². The molecule has 1 amide bonds. The molecule has 0 radical (unpaired) electrons. The Labute approximate surface area is 119 Å². The number of benzene rings is 1. The van der Waals surface area contributed by atoms with Gasteiger partial charge in [-0.3, -0.25) is 4.79 Å². The molecule has 1 aromatic rings. The Morgan fingerprint density at radius 3 is 2.75 bits per heavy atom. The van der Waals surface area contributed by atoms with Crippen LogP contribution in [0.15, 0.2) is 18.2 Å². The Hall–Kier alpha value is -1.62. The van der Waals surface area contributed by atoms with Crippen molar-refractivity contribution in [3.05, 3.63) is 29.6 Å². The normalized spacial score (nSPS) is 13.7. The molecule has 0 fully saturated rings. The van der Waals surface area contributed by atoms with Gasteiger partial charge >= 0.3 is 0 Å². The van der Waals surface area contributed by atoms with Crippen LogP contribution in [-0.2, 0) is 11.2 Å². The number of amides is 1. The summed E-state index contributed by atoms with van der Waals surface area (Å²) in [5.74, 6) is -0.0106. The van der Waals surface area contributed by atoms with E-state index in [9.17, 15) is 9.18 Å². The van der Waals surface area contributed by atoms with Gasteiger partial charge in [-0.25, -0.2) is 4.39 Å². The van der Waals surface area contributed by atoms with Gasteiger partial charge in [0.05, 0.1) is 0 Å². The minimum absolute atomic E-state index is 0.102. The lowest BCUT2D eigenvalue weighted by Crippen LogP contribution is -2.41. The third kappa shape index (κ3) is 4.81. The van der Waals surface area contributed by atoms with Crippen molar-refractivity contribution in [2.45, 2.75) is 45.8 Å². The minimum Gasteiger partial charge on any atom is -0.481 e. The quantitative estimate of drug-likeness (QED) is 0.804. The molecule has 2 unspecified atom stereocenters. The van der Waals surface area contributed by atoms with Crippen LogP contribution in [0.5, 0.6) is 5.75 Å². The molecule has 2 atom stereocenters. The number of carbonyl (C=O) groups excluding carboxylic acids is 1. The minimum atomic E-state index is -0.633. The lowest BCUT2D eigenvalue weighted by Gasteiger charge is -2.19. The molecule has 0 spiro atoms. The second kappa shape index (κ2) is 7.85. The average molecular weight is 282 g/mol. The molecule has 4 nitrogen and oxygen atoms in total. The van der Waals surface area contributed by atoms with E-state index in [-0.39, 0.29) is 17.8 Å². The zero-order valence-corrected chi connectivity index (χ0v) is 12.3. The molecule has 112 valence electrons. The lowest BCUT2D eigenvalue weighted by molar-refractivity contribution is -0.127. The second-order valence-electron chi connectivity index (χ2n) is 4.87. The summed E-state index contributed by atoms with van der Waals surface area (Å²) in [6, 6.07) is 4.34. The molecule has 1 aromatic carbocycles. The van der Waals surface area contributed by atoms with E-state index in [4.69, 9.17) is 10.5 Å². The third-order valence-electron chi connectivity index (χ3n) is 3.11. The first-order valence-corrected chi connectivity index (χ1v) is 6.93. The van der Waals surface area contributed by atoms with Gasteiger partial charge in [-0.2, -0.15) is 0 Å². The molecule has 0 saturated carbocycles. The van der Waals surface area contributed by atoms with Gasteiger partial charge in [0.25, 0.3) is 5.91 Å². The van der Waals surface area contributed by atoms with Gasteiger partial charge < -0.3 is 15.8 Å². The largest absolute Gasteiger partial charge is 0.481 e. The average Bonchev–Trinajstić information content (AvgIpc) is 2.41. The first-order chi connectivity index (χ1) is 9.47. The molecule has 3 N–H and O–H groups in total. The molecule has 0 bridgehead atoms. The van der Waals surface area contributed by atoms with E-state index in [1.807, 2.05) is 13.8 Å². The van der Waals surface area contributed by atoms with Crippen molar-refractivity contribution in [1.29, 1.82) is 0 Å². The van der Waals surface area contributed by atoms with Crippen molar-refractivity contribution in [3.63, 3.8) is 0 Å². The highest BCUT2D eigenvalue weighted by Crippen LogP contribution is 2.21. The highest BCUT2D eigenvalue weighted by atomic mass is 19.1. The van der Waals surface area contributed by atoms with Crippen molar-refractivity contribution in [2.24, 2.45) is 5.73 Å². The fraction of sp³-hybridized carbons (Fsp3) is 0.533. The molecule has 0 heterocycles. The Kier molecular flexibility index (Phi) is 6.45. The van der Waals surface area contributed by atoms with Gasteiger partial charge in [0.15, 0.2) is 6.10 Å². The molecule has 20 heavy (non-hydrogen) atoms. The van der Waals surface area contributed by atoms with Crippen LogP contribution in [0, 0.1) is 5.82 Å². The van der Waals surface area contributed by atoms with E-state index in [0.29, 0.717) is 24.3 Å². The van der Waals surface area contributed by atoms with Crippen LogP contribution in [0.2, 0.25) is 0 Å². The summed E-state index contributed by atoms with van der Waals surface area (Å²) in [5.41, 5.74) is 6.17. The number of ether oxygens (including phenoxy) is 1. The summed E-state index contributed by atoms with van der Waals surface area (Å²) >= 11 is 0. The maximum Gasteiger partial charge on any atom is 0.260 e. The monoisotopic (exact) mass is 282 g/mol. The predicted octanol–water partition coefficient (Wildman–Crippen LogP) is 2.01. The van der Waals surface area contributed by atoms with Crippen molar-refractivity contribution in [1.82, 2.24) is 5.32 Å². The van der Waals surface area contributed by atoms with E-state index >= 15 is 0 Å². The van der Waals surface area contributed by atoms with Gasteiger partial charge in [-0.15, -0.1) is 0 Å². The Morgan fingerprint density at radius 1 is 1.45 bits per heavy atom. The maximum absolute atomic E-state index is 13.2. The summed E-state index contributed by atoms with van der Waals surface area (Å²) in [4.78, 5) is 11.9. The Bertz CT molecular complexity index is 451. The number of halogens is 1. The number of hydrogen-bond donors (Lipinski definition) is 2. The zero-order chi connectivity index (χ0) is 15.1. The number of hydrogen-bond acceptors (Lipinski definition) is 3. The van der Waals surface area contributed by atoms with E-state index < -0.39 is 6.10 Å². The summed E-state index contributed by atoms with van der Waals surface area (Å²) < 4.78 is 18.8. The smallest absolute Gasteiger partial charge is 0.260 e. The fourth-order valence-corrected chi connectivity index (χ4v) is 1.72. The molecule has 0 aliphatic rings. The molecule has 1 rings (SSSR count).